The standard InChI is InChI=1S/C18H18BrNO5/c1-20(25)17(23)16(22)11-18(24,13-5-7-15(21)8-6-13)10-12-3-2-4-14(19)9-12/h2-9,21,24-25H,10-11H2,1H3. The van der Waals surface area contributed by atoms with Gasteiger partial charge in [-0.3, -0.25) is 14.8 Å². The molecule has 6 nitrogen and oxygen atoms in total. The second-order valence-corrected chi connectivity index (χ2v) is 6.73. The van der Waals surface area contributed by atoms with E-state index in [0.717, 1.165) is 17.1 Å². The van der Waals surface area contributed by atoms with Crippen molar-refractivity contribution in [2.24, 2.45) is 0 Å². The minimum Gasteiger partial charge on any atom is -0.508 e. The average Bonchev–Trinajstić information content (AvgIpc) is 2.54. The average molecular weight is 408 g/mol. The Kier molecular flexibility index (Phi) is 5.94. The number of benzene rings is 2. The van der Waals surface area contributed by atoms with Crippen molar-refractivity contribution in [2.75, 3.05) is 7.05 Å². The third kappa shape index (κ3) is 4.88. The first kappa shape index (κ1) is 19.1. The van der Waals surface area contributed by atoms with Gasteiger partial charge in [0.25, 0.3) is 0 Å². The van der Waals surface area contributed by atoms with E-state index in [1.807, 2.05) is 6.07 Å². The van der Waals surface area contributed by atoms with Gasteiger partial charge in [-0.25, -0.2) is 5.06 Å². The monoisotopic (exact) mass is 407 g/mol. The van der Waals surface area contributed by atoms with Gasteiger partial charge in [0.15, 0.2) is 0 Å². The molecule has 132 valence electrons. The zero-order chi connectivity index (χ0) is 18.6. The fourth-order valence-electron chi connectivity index (χ4n) is 2.54. The van der Waals surface area contributed by atoms with Gasteiger partial charge in [0.1, 0.15) is 11.4 Å². The highest BCUT2D eigenvalue weighted by Gasteiger charge is 2.35. The number of rotatable bonds is 6. The van der Waals surface area contributed by atoms with Gasteiger partial charge in [-0.05, 0) is 35.4 Å². The summed E-state index contributed by atoms with van der Waals surface area (Å²) < 4.78 is 0.815. The molecule has 0 bridgehead atoms. The number of carbonyl (C=O) groups is 2. The van der Waals surface area contributed by atoms with Crippen LogP contribution in [0.5, 0.6) is 5.75 Å². The van der Waals surface area contributed by atoms with Crippen molar-refractivity contribution in [1.82, 2.24) is 5.06 Å². The fourth-order valence-corrected chi connectivity index (χ4v) is 2.99. The van der Waals surface area contributed by atoms with E-state index in [1.54, 1.807) is 18.2 Å². The molecule has 0 radical (unpaired) electrons. The van der Waals surface area contributed by atoms with Crippen molar-refractivity contribution in [3.05, 3.63) is 64.1 Å². The number of carbonyl (C=O) groups excluding carboxylic acids is 2. The van der Waals surface area contributed by atoms with Crippen LogP contribution >= 0.6 is 15.9 Å². The van der Waals surface area contributed by atoms with Crippen LogP contribution in [0.15, 0.2) is 53.0 Å². The maximum absolute atomic E-state index is 12.1. The van der Waals surface area contributed by atoms with Gasteiger partial charge in [0, 0.05) is 24.4 Å². The van der Waals surface area contributed by atoms with Crippen molar-refractivity contribution >= 4 is 27.6 Å². The van der Waals surface area contributed by atoms with E-state index in [-0.39, 0.29) is 17.2 Å². The van der Waals surface area contributed by atoms with E-state index in [0.29, 0.717) is 5.56 Å². The molecule has 0 aliphatic heterocycles. The maximum Gasteiger partial charge on any atom is 0.313 e. The van der Waals surface area contributed by atoms with Crippen molar-refractivity contribution in [3.8, 4) is 5.75 Å². The summed E-state index contributed by atoms with van der Waals surface area (Å²) in [4.78, 5) is 23.8. The summed E-state index contributed by atoms with van der Waals surface area (Å²) in [5.74, 6) is -2.01. The third-order valence-electron chi connectivity index (χ3n) is 3.78. The molecule has 0 aliphatic rings. The van der Waals surface area contributed by atoms with Crippen molar-refractivity contribution < 1.29 is 25.0 Å². The summed E-state index contributed by atoms with van der Waals surface area (Å²) >= 11 is 3.35. The van der Waals surface area contributed by atoms with E-state index in [1.165, 1.54) is 24.3 Å². The highest BCUT2D eigenvalue weighted by Crippen LogP contribution is 2.31. The second kappa shape index (κ2) is 7.77. The molecule has 1 unspecified atom stereocenters. The highest BCUT2D eigenvalue weighted by molar-refractivity contribution is 9.10. The van der Waals surface area contributed by atoms with E-state index in [9.17, 15) is 19.8 Å². The van der Waals surface area contributed by atoms with Crippen LogP contribution in [0.4, 0.5) is 0 Å². The first-order valence-corrected chi connectivity index (χ1v) is 8.27. The van der Waals surface area contributed by atoms with Crippen LogP contribution < -0.4 is 0 Å². The summed E-state index contributed by atoms with van der Waals surface area (Å²) in [7, 11) is 1.05. The number of hydrogen-bond acceptors (Lipinski definition) is 5. The number of hydrogen-bond donors (Lipinski definition) is 3. The Hall–Kier alpha value is -2.22. The number of phenolic OH excluding ortho intramolecular Hbond substituents is 1. The Morgan fingerprint density at radius 1 is 1.16 bits per heavy atom. The number of Topliss-reactive ketones (excluding diaryl/α,β-unsaturated/α-hetero) is 1. The largest absolute Gasteiger partial charge is 0.508 e. The van der Waals surface area contributed by atoms with Crippen LogP contribution in [0.2, 0.25) is 0 Å². The highest BCUT2D eigenvalue weighted by atomic mass is 79.9. The van der Waals surface area contributed by atoms with E-state index in [4.69, 9.17) is 5.21 Å². The molecule has 1 amide bonds. The number of likely N-dealkylation sites (N-methyl/N-ethyl adjacent to an activating group) is 1. The molecule has 0 aliphatic carbocycles. The molecule has 0 aromatic heterocycles. The predicted octanol–water partition coefficient (Wildman–Crippen LogP) is 2.39. The molecule has 3 N–H and O–H groups in total. The Bertz CT molecular complexity index is 775. The number of hydroxylamine groups is 2. The minimum absolute atomic E-state index is 0.0195. The lowest BCUT2D eigenvalue weighted by molar-refractivity contribution is -0.167. The molecule has 2 aromatic carbocycles. The first-order chi connectivity index (χ1) is 11.7. The molecule has 0 spiro atoms. The topological polar surface area (TPSA) is 98.1 Å². The third-order valence-corrected chi connectivity index (χ3v) is 4.27. The zero-order valence-electron chi connectivity index (χ0n) is 13.5. The minimum atomic E-state index is -1.67. The predicted molar refractivity (Wildman–Crippen MR) is 94.0 cm³/mol. The Morgan fingerprint density at radius 2 is 1.80 bits per heavy atom. The number of nitrogens with zero attached hydrogens (tertiary/aromatic N) is 1. The normalized spacial score (nSPS) is 13.1. The van der Waals surface area contributed by atoms with Gasteiger partial charge in [0.2, 0.25) is 5.78 Å². The van der Waals surface area contributed by atoms with Gasteiger partial charge < -0.3 is 10.2 Å². The van der Waals surface area contributed by atoms with Gasteiger partial charge in [-0.15, -0.1) is 0 Å². The van der Waals surface area contributed by atoms with Crippen LogP contribution in [0, 0.1) is 0 Å². The second-order valence-electron chi connectivity index (χ2n) is 5.81. The number of aliphatic hydroxyl groups is 1. The summed E-state index contributed by atoms with van der Waals surface area (Å²) in [5, 5.41) is 29.9. The lowest BCUT2D eigenvalue weighted by Gasteiger charge is -2.28. The molecule has 1 atom stereocenters. The number of aromatic hydroxyl groups is 1. The van der Waals surface area contributed by atoms with Gasteiger partial charge in [-0.2, -0.15) is 0 Å². The maximum atomic E-state index is 12.1. The van der Waals surface area contributed by atoms with Gasteiger partial charge >= 0.3 is 5.91 Å². The summed E-state index contributed by atoms with van der Waals surface area (Å²) in [6.45, 7) is 0. The molecular formula is C18H18BrNO5. The fraction of sp³-hybridized carbons (Fsp3) is 0.222. The van der Waals surface area contributed by atoms with Gasteiger partial charge in [-0.1, -0.05) is 40.2 Å². The Morgan fingerprint density at radius 3 is 2.36 bits per heavy atom. The van der Waals surface area contributed by atoms with Gasteiger partial charge in [0.05, 0.1) is 0 Å². The quantitative estimate of drug-likeness (QED) is 0.388. The van der Waals surface area contributed by atoms with Crippen LogP contribution in [-0.2, 0) is 21.6 Å². The lowest BCUT2D eigenvalue weighted by atomic mass is 9.83. The molecule has 25 heavy (non-hydrogen) atoms. The summed E-state index contributed by atoms with van der Waals surface area (Å²) in [6.07, 6.45) is -0.431. The molecule has 0 saturated heterocycles. The van der Waals surface area contributed by atoms with E-state index in [2.05, 4.69) is 15.9 Å². The first-order valence-electron chi connectivity index (χ1n) is 7.47. The number of halogens is 1. The zero-order valence-corrected chi connectivity index (χ0v) is 15.1. The Balaban J connectivity index is 2.38. The van der Waals surface area contributed by atoms with Crippen molar-refractivity contribution in [2.45, 2.75) is 18.4 Å². The van der Waals surface area contributed by atoms with Crippen LogP contribution in [0.25, 0.3) is 0 Å². The number of ketones is 1. The van der Waals surface area contributed by atoms with Crippen molar-refractivity contribution in [3.63, 3.8) is 0 Å². The smallest absolute Gasteiger partial charge is 0.313 e. The van der Waals surface area contributed by atoms with Crippen LogP contribution in [0.1, 0.15) is 17.5 Å². The number of amides is 1. The molecule has 2 rings (SSSR count). The van der Waals surface area contributed by atoms with Crippen LogP contribution in [0.3, 0.4) is 0 Å². The lowest BCUT2D eigenvalue weighted by Crippen LogP contribution is -2.38. The summed E-state index contributed by atoms with van der Waals surface area (Å²) in [5.41, 5.74) is -0.536. The molecule has 2 aromatic rings. The van der Waals surface area contributed by atoms with E-state index < -0.39 is 23.7 Å². The molecule has 7 heteroatoms. The van der Waals surface area contributed by atoms with Crippen molar-refractivity contribution in [1.29, 1.82) is 0 Å². The van der Waals surface area contributed by atoms with E-state index >= 15 is 0 Å². The molecular weight excluding hydrogens is 390 g/mol. The number of phenols is 1. The van der Waals surface area contributed by atoms with Crippen LogP contribution in [-0.4, -0.2) is 39.2 Å². The summed E-state index contributed by atoms with van der Waals surface area (Å²) in [6, 6.07) is 13.0. The molecule has 0 saturated carbocycles. The molecule has 0 heterocycles. The molecule has 0 fully saturated rings. The SMILES string of the molecule is CN(O)C(=O)C(=O)CC(O)(Cc1cccc(Br)c1)c1ccc(O)cc1. The Labute approximate surface area is 153 Å².